The van der Waals surface area contributed by atoms with Crippen LogP contribution in [0.25, 0.3) is 20.8 Å². The molecular formula is C19H13ClN2OS2. The number of rotatable bonds is 3. The molecule has 0 fully saturated rings. The largest absolute Gasteiger partial charge is 0.321 e. The van der Waals surface area contributed by atoms with E-state index in [2.05, 4.69) is 16.4 Å². The first-order chi connectivity index (χ1) is 12.1. The SMILES string of the molecule is Cc1cc2sc(-c3ccc(NC(=O)c4cccs4)cc3)nc2cc1Cl. The van der Waals surface area contributed by atoms with Crippen molar-refractivity contribution in [2.45, 2.75) is 6.92 Å². The van der Waals surface area contributed by atoms with E-state index in [9.17, 15) is 4.79 Å². The van der Waals surface area contributed by atoms with Crippen LogP contribution in [-0.4, -0.2) is 10.9 Å². The van der Waals surface area contributed by atoms with Crippen LogP contribution in [0.5, 0.6) is 0 Å². The van der Waals surface area contributed by atoms with Gasteiger partial charge < -0.3 is 5.32 Å². The maximum atomic E-state index is 12.1. The summed E-state index contributed by atoms with van der Waals surface area (Å²) >= 11 is 9.24. The van der Waals surface area contributed by atoms with E-state index in [1.165, 1.54) is 11.3 Å². The van der Waals surface area contributed by atoms with Crippen LogP contribution in [0, 0.1) is 6.92 Å². The number of halogens is 1. The predicted molar refractivity (Wildman–Crippen MR) is 107 cm³/mol. The summed E-state index contributed by atoms with van der Waals surface area (Å²) in [6, 6.07) is 15.4. The van der Waals surface area contributed by atoms with Crippen LogP contribution >= 0.6 is 34.3 Å². The van der Waals surface area contributed by atoms with Crippen LogP contribution in [0.15, 0.2) is 53.9 Å². The van der Waals surface area contributed by atoms with Crippen molar-refractivity contribution < 1.29 is 4.79 Å². The Bertz CT molecular complexity index is 1010. The smallest absolute Gasteiger partial charge is 0.265 e. The van der Waals surface area contributed by atoms with Gasteiger partial charge in [0.1, 0.15) is 5.01 Å². The molecule has 0 aliphatic carbocycles. The average Bonchev–Trinajstić information content (AvgIpc) is 3.26. The Balaban J connectivity index is 1.58. The number of amides is 1. The summed E-state index contributed by atoms with van der Waals surface area (Å²) < 4.78 is 1.12. The number of thiophene rings is 1. The average molecular weight is 385 g/mol. The number of benzene rings is 2. The highest BCUT2D eigenvalue weighted by atomic mass is 35.5. The number of thiazole rings is 1. The van der Waals surface area contributed by atoms with E-state index in [1.54, 1.807) is 11.3 Å². The number of hydrogen-bond acceptors (Lipinski definition) is 4. The molecule has 124 valence electrons. The van der Waals surface area contributed by atoms with Crippen LogP contribution in [0.1, 0.15) is 15.2 Å². The number of carbonyl (C=O) groups is 1. The Hall–Kier alpha value is -2.21. The first-order valence-electron chi connectivity index (χ1n) is 7.62. The number of aromatic nitrogens is 1. The molecule has 0 spiro atoms. The van der Waals surface area contributed by atoms with Gasteiger partial charge in [0.2, 0.25) is 0 Å². The van der Waals surface area contributed by atoms with Crippen LogP contribution in [0.4, 0.5) is 5.69 Å². The number of fused-ring (bicyclic) bond motifs is 1. The van der Waals surface area contributed by atoms with E-state index in [1.807, 2.05) is 54.8 Å². The van der Waals surface area contributed by atoms with Gasteiger partial charge >= 0.3 is 0 Å². The molecule has 1 amide bonds. The Morgan fingerprint density at radius 1 is 1.16 bits per heavy atom. The van der Waals surface area contributed by atoms with Gasteiger partial charge in [-0.1, -0.05) is 17.7 Å². The molecule has 2 heterocycles. The topological polar surface area (TPSA) is 42.0 Å². The third-order valence-electron chi connectivity index (χ3n) is 3.80. The third-order valence-corrected chi connectivity index (χ3v) is 6.15. The molecule has 4 aromatic rings. The molecule has 2 aromatic carbocycles. The summed E-state index contributed by atoms with van der Waals surface area (Å²) in [5.74, 6) is -0.0899. The van der Waals surface area contributed by atoms with Crippen LogP contribution in [-0.2, 0) is 0 Å². The van der Waals surface area contributed by atoms with Crippen molar-refractivity contribution in [3.63, 3.8) is 0 Å². The molecule has 4 rings (SSSR count). The van der Waals surface area contributed by atoms with Gasteiger partial charge in [-0.25, -0.2) is 4.98 Å². The van der Waals surface area contributed by atoms with E-state index in [0.29, 0.717) is 4.88 Å². The first kappa shape index (κ1) is 16.3. The van der Waals surface area contributed by atoms with Crippen LogP contribution < -0.4 is 5.32 Å². The predicted octanol–water partition coefficient (Wildman–Crippen LogP) is 6.24. The van der Waals surface area contributed by atoms with Crippen molar-refractivity contribution in [2.75, 3.05) is 5.32 Å². The molecule has 0 aliphatic rings. The minimum absolute atomic E-state index is 0.0899. The summed E-state index contributed by atoms with van der Waals surface area (Å²) in [6.45, 7) is 1.99. The quantitative estimate of drug-likeness (QED) is 0.454. The van der Waals surface area contributed by atoms with Crippen molar-refractivity contribution in [2.24, 2.45) is 0 Å². The minimum atomic E-state index is -0.0899. The van der Waals surface area contributed by atoms with Gasteiger partial charge in [-0.15, -0.1) is 22.7 Å². The van der Waals surface area contributed by atoms with E-state index in [0.717, 1.165) is 37.1 Å². The number of anilines is 1. The standard InChI is InChI=1S/C19H13ClN2OS2/c1-11-9-17-15(10-14(11)20)22-19(25-17)12-4-6-13(7-5-12)21-18(23)16-3-2-8-24-16/h2-10H,1H3,(H,21,23). The lowest BCUT2D eigenvalue weighted by Crippen LogP contribution is -2.09. The monoisotopic (exact) mass is 384 g/mol. The second-order valence-corrected chi connectivity index (χ2v) is 7.98. The van der Waals surface area contributed by atoms with Crippen molar-refractivity contribution in [1.29, 1.82) is 0 Å². The fourth-order valence-electron chi connectivity index (χ4n) is 2.47. The highest BCUT2D eigenvalue weighted by Gasteiger charge is 2.10. The molecule has 0 unspecified atom stereocenters. The zero-order valence-corrected chi connectivity index (χ0v) is 15.6. The van der Waals surface area contributed by atoms with E-state index in [4.69, 9.17) is 11.6 Å². The highest BCUT2D eigenvalue weighted by Crippen LogP contribution is 2.33. The fourth-order valence-corrected chi connectivity index (χ4v) is 4.30. The van der Waals surface area contributed by atoms with Crippen LogP contribution in [0.3, 0.4) is 0 Å². The van der Waals surface area contributed by atoms with Crippen molar-refractivity contribution in [1.82, 2.24) is 4.98 Å². The molecule has 0 saturated carbocycles. The molecule has 0 saturated heterocycles. The number of carbonyl (C=O) groups excluding carboxylic acids is 1. The lowest BCUT2D eigenvalue weighted by atomic mass is 10.2. The molecule has 0 aliphatic heterocycles. The maximum absolute atomic E-state index is 12.1. The molecule has 0 atom stereocenters. The fraction of sp³-hybridized carbons (Fsp3) is 0.0526. The molecule has 6 heteroatoms. The number of nitrogens with zero attached hydrogens (tertiary/aromatic N) is 1. The van der Waals surface area contributed by atoms with E-state index >= 15 is 0 Å². The molecule has 2 aromatic heterocycles. The van der Waals surface area contributed by atoms with Gasteiger partial charge in [0.15, 0.2) is 0 Å². The first-order valence-corrected chi connectivity index (χ1v) is 9.69. The molecule has 1 N–H and O–H groups in total. The van der Waals surface area contributed by atoms with Crippen molar-refractivity contribution >= 4 is 56.1 Å². The summed E-state index contributed by atoms with van der Waals surface area (Å²) in [7, 11) is 0. The normalized spacial score (nSPS) is 11.0. The number of aryl methyl sites for hydroxylation is 1. The van der Waals surface area contributed by atoms with Gasteiger partial charge in [0.05, 0.1) is 15.1 Å². The Kier molecular flexibility index (Phi) is 4.29. The van der Waals surface area contributed by atoms with Gasteiger partial charge in [0.25, 0.3) is 5.91 Å². The third kappa shape index (κ3) is 3.31. The van der Waals surface area contributed by atoms with Crippen molar-refractivity contribution in [3.8, 4) is 10.6 Å². The number of nitrogens with one attached hydrogen (secondary N) is 1. The Labute approximate surface area is 157 Å². The highest BCUT2D eigenvalue weighted by molar-refractivity contribution is 7.21. The van der Waals surface area contributed by atoms with E-state index in [-0.39, 0.29) is 5.91 Å². The lowest BCUT2D eigenvalue weighted by molar-refractivity contribution is 0.103. The zero-order valence-electron chi connectivity index (χ0n) is 13.2. The molecular weight excluding hydrogens is 372 g/mol. The van der Waals surface area contributed by atoms with Crippen LogP contribution in [0.2, 0.25) is 5.02 Å². The van der Waals surface area contributed by atoms with Gasteiger partial charge in [0, 0.05) is 16.3 Å². The van der Waals surface area contributed by atoms with Gasteiger partial charge in [-0.05, 0) is 60.3 Å². The minimum Gasteiger partial charge on any atom is -0.321 e. The molecule has 0 radical (unpaired) electrons. The zero-order chi connectivity index (χ0) is 17.4. The second kappa shape index (κ2) is 6.59. The Morgan fingerprint density at radius 3 is 2.68 bits per heavy atom. The molecule has 3 nitrogen and oxygen atoms in total. The molecule has 25 heavy (non-hydrogen) atoms. The van der Waals surface area contributed by atoms with Gasteiger partial charge in [-0.3, -0.25) is 4.79 Å². The number of hydrogen-bond donors (Lipinski definition) is 1. The molecule has 0 bridgehead atoms. The summed E-state index contributed by atoms with van der Waals surface area (Å²) in [5.41, 5.74) is 3.74. The Morgan fingerprint density at radius 2 is 1.96 bits per heavy atom. The summed E-state index contributed by atoms with van der Waals surface area (Å²) in [4.78, 5) is 17.4. The second-order valence-electron chi connectivity index (χ2n) is 5.60. The lowest BCUT2D eigenvalue weighted by Gasteiger charge is -2.04. The maximum Gasteiger partial charge on any atom is 0.265 e. The van der Waals surface area contributed by atoms with Crippen molar-refractivity contribution in [3.05, 3.63) is 69.4 Å². The summed E-state index contributed by atoms with van der Waals surface area (Å²) in [6.07, 6.45) is 0. The van der Waals surface area contributed by atoms with Gasteiger partial charge in [-0.2, -0.15) is 0 Å². The van der Waals surface area contributed by atoms with E-state index < -0.39 is 0 Å². The summed E-state index contributed by atoms with van der Waals surface area (Å²) in [5, 5.41) is 6.46.